The predicted molar refractivity (Wildman–Crippen MR) is 112 cm³/mol. The molecule has 3 rings (SSSR count). The summed E-state index contributed by atoms with van der Waals surface area (Å²) >= 11 is 0. The summed E-state index contributed by atoms with van der Waals surface area (Å²) in [5.41, 5.74) is 8.82. The van der Waals surface area contributed by atoms with Gasteiger partial charge in [0.2, 0.25) is 0 Å². The van der Waals surface area contributed by atoms with Crippen LogP contribution in [0.5, 0.6) is 0 Å². The van der Waals surface area contributed by atoms with E-state index in [0.29, 0.717) is 12.4 Å². The lowest BCUT2D eigenvalue weighted by Crippen LogP contribution is -2.40. The Bertz CT molecular complexity index is 944. The third kappa shape index (κ3) is 3.94. The maximum atomic E-state index is 12.5. The van der Waals surface area contributed by atoms with E-state index in [1.807, 2.05) is 41.4 Å². The zero-order chi connectivity index (χ0) is 21.3. The van der Waals surface area contributed by atoms with Crippen molar-refractivity contribution >= 4 is 23.3 Å². The summed E-state index contributed by atoms with van der Waals surface area (Å²) in [7, 11) is 1.52. The summed E-state index contributed by atoms with van der Waals surface area (Å²) in [5, 5.41) is 17.5. The first-order chi connectivity index (χ1) is 13.7. The van der Waals surface area contributed by atoms with Crippen molar-refractivity contribution in [2.24, 2.45) is 17.6 Å². The SMILES string of the molecule is CC(C)CN1C=C2CC(=O)C(C(=N)N)C=C2C(c2ccccc2)=C1N(C)C(=O)O. The topological polar surface area (TPSA) is 111 Å². The molecular formula is C22H26N4O3. The summed E-state index contributed by atoms with van der Waals surface area (Å²) in [4.78, 5) is 27.6. The number of nitrogens with two attached hydrogens (primary N) is 1. The molecule has 1 aliphatic heterocycles. The van der Waals surface area contributed by atoms with Crippen LogP contribution in [-0.2, 0) is 4.79 Å². The number of hydrogen-bond acceptors (Lipinski definition) is 4. The third-order valence-electron chi connectivity index (χ3n) is 5.03. The average Bonchev–Trinajstić information content (AvgIpc) is 2.65. The second-order valence-electron chi connectivity index (χ2n) is 7.76. The first-order valence-corrected chi connectivity index (χ1v) is 9.53. The summed E-state index contributed by atoms with van der Waals surface area (Å²) in [5.74, 6) is -0.319. The Hall–Kier alpha value is -3.35. The molecule has 2 aliphatic rings. The standard InChI is InChI=1S/C22H26N4O3/c1-13(2)11-26-12-15-9-18(27)17(20(23)24)10-16(15)19(14-7-5-4-6-8-14)21(26)25(3)22(28)29/h4-8,10,12-13,17H,9,11H2,1-3H3,(H3,23,24)(H,28,29). The largest absolute Gasteiger partial charge is 0.465 e. The fourth-order valence-electron chi connectivity index (χ4n) is 3.77. The van der Waals surface area contributed by atoms with Gasteiger partial charge in [0.15, 0.2) is 5.78 Å². The van der Waals surface area contributed by atoms with Gasteiger partial charge in [0, 0.05) is 31.8 Å². The Morgan fingerprint density at radius 1 is 1.34 bits per heavy atom. The van der Waals surface area contributed by atoms with Crippen LogP contribution in [-0.4, -0.2) is 46.2 Å². The van der Waals surface area contributed by atoms with E-state index < -0.39 is 12.0 Å². The molecule has 0 saturated heterocycles. The van der Waals surface area contributed by atoms with Crippen molar-refractivity contribution in [3.05, 3.63) is 65.1 Å². The summed E-state index contributed by atoms with van der Waals surface area (Å²) in [6, 6.07) is 9.52. The van der Waals surface area contributed by atoms with E-state index in [4.69, 9.17) is 11.1 Å². The third-order valence-corrected chi connectivity index (χ3v) is 5.03. The predicted octanol–water partition coefficient (Wildman–Crippen LogP) is 3.27. The van der Waals surface area contributed by atoms with Gasteiger partial charge in [-0.3, -0.25) is 15.1 Å². The monoisotopic (exact) mass is 394 g/mol. The van der Waals surface area contributed by atoms with Crippen molar-refractivity contribution in [3.63, 3.8) is 0 Å². The van der Waals surface area contributed by atoms with Crippen LogP contribution in [0.15, 0.2) is 59.6 Å². The second kappa shape index (κ2) is 7.95. The van der Waals surface area contributed by atoms with Gasteiger partial charge in [-0.15, -0.1) is 0 Å². The fraction of sp³-hybridized carbons (Fsp3) is 0.318. The highest BCUT2D eigenvalue weighted by Crippen LogP contribution is 2.42. The number of Topliss-reactive ketones (excluding diaryl/α,β-unsaturated/α-hetero) is 1. The maximum absolute atomic E-state index is 12.5. The van der Waals surface area contributed by atoms with Gasteiger partial charge in [-0.1, -0.05) is 50.3 Å². The number of benzene rings is 1. The quantitative estimate of drug-likeness (QED) is 0.524. The van der Waals surface area contributed by atoms with Crippen LogP contribution in [0.3, 0.4) is 0 Å². The fourth-order valence-corrected chi connectivity index (χ4v) is 3.77. The van der Waals surface area contributed by atoms with Gasteiger partial charge in [0.25, 0.3) is 0 Å². The van der Waals surface area contributed by atoms with E-state index in [0.717, 1.165) is 22.3 Å². The van der Waals surface area contributed by atoms with Gasteiger partial charge >= 0.3 is 6.09 Å². The molecule has 29 heavy (non-hydrogen) atoms. The van der Waals surface area contributed by atoms with Crippen LogP contribution >= 0.6 is 0 Å². The molecule has 0 spiro atoms. The molecule has 7 nitrogen and oxygen atoms in total. The number of carbonyl (C=O) groups is 2. The van der Waals surface area contributed by atoms with Gasteiger partial charge in [-0.05, 0) is 22.6 Å². The van der Waals surface area contributed by atoms with Crippen LogP contribution in [0.1, 0.15) is 25.8 Å². The molecule has 1 amide bonds. The molecule has 1 aliphatic carbocycles. The number of carbonyl (C=O) groups excluding carboxylic acids is 1. The van der Waals surface area contributed by atoms with Gasteiger partial charge in [-0.2, -0.15) is 0 Å². The van der Waals surface area contributed by atoms with Crippen LogP contribution in [0.25, 0.3) is 5.57 Å². The normalized spacial score (nSPS) is 19.0. The molecule has 1 heterocycles. The molecule has 1 aromatic carbocycles. The number of allylic oxidation sites excluding steroid dienone is 3. The van der Waals surface area contributed by atoms with Gasteiger partial charge < -0.3 is 15.7 Å². The number of carboxylic acid groups (broad SMARTS) is 1. The molecule has 4 N–H and O–H groups in total. The average molecular weight is 394 g/mol. The first-order valence-electron chi connectivity index (χ1n) is 9.53. The molecule has 1 aromatic rings. The minimum atomic E-state index is -1.07. The highest BCUT2D eigenvalue weighted by molar-refractivity contribution is 6.08. The smallest absolute Gasteiger partial charge is 0.412 e. The molecular weight excluding hydrogens is 368 g/mol. The van der Waals surface area contributed by atoms with Crippen LogP contribution in [0.2, 0.25) is 0 Å². The molecule has 152 valence electrons. The number of nitrogens with zero attached hydrogens (tertiary/aromatic N) is 2. The minimum absolute atomic E-state index is 0.126. The number of hydrogen-bond donors (Lipinski definition) is 3. The van der Waals surface area contributed by atoms with E-state index in [1.165, 1.54) is 11.9 Å². The Balaban J connectivity index is 2.31. The van der Waals surface area contributed by atoms with E-state index in [2.05, 4.69) is 13.8 Å². The highest BCUT2D eigenvalue weighted by atomic mass is 16.4. The van der Waals surface area contributed by atoms with Crippen molar-refractivity contribution in [2.75, 3.05) is 13.6 Å². The van der Waals surface area contributed by atoms with Crippen LogP contribution < -0.4 is 5.73 Å². The highest BCUT2D eigenvalue weighted by Gasteiger charge is 2.36. The molecule has 1 atom stereocenters. The first kappa shape index (κ1) is 20.4. The lowest BCUT2D eigenvalue weighted by atomic mass is 9.78. The second-order valence-corrected chi connectivity index (χ2v) is 7.76. The van der Waals surface area contributed by atoms with Crippen molar-refractivity contribution in [1.82, 2.24) is 9.80 Å². The number of amidine groups is 1. The van der Waals surface area contributed by atoms with E-state index in [1.54, 1.807) is 6.08 Å². The van der Waals surface area contributed by atoms with Crippen LogP contribution in [0.4, 0.5) is 4.79 Å². The Kier molecular flexibility index (Phi) is 5.59. The molecule has 0 bridgehead atoms. The Labute approximate surface area is 170 Å². The maximum Gasteiger partial charge on any atom is 0.412 e. The molecule has 0 aromatic heterocycles. The lowest BCUT2D eigenvalue weighted by molar-refractivity contribution is -0.119. The van der Waals surface area contributed by atoms with Crippen molar-refractivity contribution in [1.29, 1.82) is 5.41 Å². The molecule has 7 heteroatoms. The van der Waals surface area contributed by atoms with E-state index in [-0.39, 0.29) is 24.0 Å². The zero-order valence-corrected chi connectivity index (χ0v) is 16.8. The van der Waals surface area contributed by atoms with Crippen molar-refractivity contribution in [3.8, 4) is 0 Å². The number of rotatable bonds is 5. The Morgan fingerprint density at radius 3 is 2.55 bits per heavy atom. The van der Waals surface area contributed by atoms with Crippen molar-refractivity contribution in [2.45, 2.75) is 20.3 Å². The summed E-state index contributed by atoms with van der Waals surface area (Å²) in [6.45, 7) is 4.72. The van der Waals surface area contributed by atoms with Crippen molar-refractivity contribution < 1.29 is 14.7 Å². The summed E-state index contributed by atoms with van der Waals surface area (Å²) in [6.07, 6.45) is 2.64. The molecule has 0 saturated carbocycles. The lowest BCUT2D eigenvalue weighted by Gasteiger charge is -2.39. The number of amides is 1. The summed E-state index contributed by atoms with van der Waals surface area (Å²) < 4.78 is 0. The van der Waals surface area contributed by atoms with Gasteiger partial charge in [0.1, 0.15) is 11.7 Å². The minimum Gasteiger partial charge on any atom is -0.465 e. The van der Waals surface area contributed by atoms with E-state index >= 15 is 0 Å². The zero-order valence-electron chi connectivity index (χ0n) is 16.8. The number of fused-ring (bicyclic) bond motifs is 1. The molecule has 0 fully saturated rings. The Morgan fingerprint density at radius 2 is 2.00 bits per heavy atom. The van der Waals surface area contributed by atoms with Gasteiger partial charge in [0.05, 0.1) is 5.92 Å². The van der Waals surface area contributed by atoms with Gasteiger partial charge in [-0.25, -0.2) is 4.79 Å². The van der Waals surface area contributed by atoms with Crippen LogP contribution in [0, 0.1) is 17.2 Å². The molecule has 1 unspecified atom stereocenters. The number of ketones is 1. The number of nitrogens with one attached hydrogen (secondary N) is 1. The van der Waals surface area contributed by atoms with E-state index in [9.17, 15) is 14.7 Å². The molecule has 0 radical (unpaired) electrons.